The van der Waals surface area contributed by atoms with Crippen molar-refractivity contribution in [1.29, 1.82) is 5.26 Å². The first kappa shape index (κ1) is 13.0. The number of hydrogen-bond acceptors (Lipinski definition) is 2. The summed E-state index contributed by atoms with van der Waals surface area (Å²) in [6, 6.07) is 6.70. The Labute approximate surface area is 103 Å². The molecule has 1 rings (SSSR count). The number of nitriles is 1. The van der Waals surface area contributed by atoms with Gasteiger partial charge in [-0.05, 0) is 38.5 Å². The van der Waals surface area contributed by atoms with Gasteiger partial charge in [-0.2, -0.15) is 5.26 Å². The SMILES string of the molecule is CC(C)(C#N)CCOc1cc(Br)ccc1F. The lowest BCUT2D eigenvalue weighted by Gasteiger charge is -2.15. The van der Waals surface area contributed by atoms with E-state index in [4.69, 9.17) is 10.00 Å². The summed E-state index contributed by atoms with van der Waals surface area (Å²) in [5.41, 5.74) is -0.442. The molecule has 0 bridgehead atoms. The zero-order chi connectivity index (χ0) is 12.2. The minimum atomic E-state index is -0.442. The van der Waals surface area contributed by atoms with Gasteiger partial charge in [-0.3, -0.25) is 0 Å². The summed E-state index contributed by atoms with van der Waals surface area (Å²) >= 11 is 3.24. The molecule has 0 spiro atoms. The van der Waals surface area contributed by atoms with Crippen LogP contribution in [0.15, 0.2) is 22.7 Å². The first-order valence-corrected chi connectivity index (χ1v) is 5.73. The molecular formula is C12H13BrFNO. The van der Waals surface area contributed by atoms with Crippen LogP contribution in [0.4, 0.5) is 4.39 Å². The molecule has 0 aliphatic heterocycles. The monoisotopic (exact) mass is 285 g/mol. The topological polar surface area (TPSA) is 33.0 Å². The average Bonchev–Trinajstić information content (AvgIpc) is 2.23. The maximum atomic E-state index is 13.3. The van der Waals surface area contributed by atoms with Gasteiger partial charge in [-0.15, -0.1) is 0 Å². The highest BCUT2D eigenvalue weighted by atomic mass is 79.9. The lowest BCUT2D eigenvalue weighted by Crippen LogP contribution is -2.13. The fourth-order valence-corrected chi connectivity index (χ4v) is 1.40. The predicted octanol–water partition coefficient (Wildman–Crippen LogP) is 3.91. The number of nitrogens with zero attached hydrogens (tertiary/aromatic N) is 1. The second-order valence-electron chi connectivity index (χ2n) is 4.17. The van der Waals surface area contributed by atoms with E-state index in [0.717, 1.165) is 4.47 Å². The summed E-state index contributed by atoms with van der Waals surface area (Å²) in [4.78, 5) is 0. The molecule has 1 aromatic carbocycles. The Morgan fingerprint density at radius 2 is 2.19 bits per heavy atom. The smallest absolute Gasteiger partial charge is 0.165 e. The molecule has 2 nitrogen and oxygen atoms in total. The first-order valence-electron chi connectivity index (χ1n) is 4.94. The van der Waals surface area contributed by atoms with E-state index >= 15 is 0 Å². The molecule has 0 saturated carbocycles. The van der Waals surface area contributed by atoms with Crippen molar-refractivity contribution in [2.24, 2.45) is 5.41 Å². The largest absolute Gasteiger partial charge is 0.490 e. The van der Waals surface area contributed by atoms with Crippen LogP contribution in [0.25, 0.3) is 0 Å². The van der Waals surface area contributed by atoms with Gasteiger partial charge in [0.1, 0.15) is 0 Å². The van der Waals surface area contributed by atoms with E-state index < -0.39 is 11.2 Å². The highest BCUT2D eigenvalue weighted by Gasteiger charge is 2.16. The third-order valence-corrected chi connectivity index (χ3v) is 2.67. The number of benzene rings is 1. The Morgan fingerprint density at radius 1 is 1.50 bits per heavy atom. The number of halogens is 2. The molecular weight excluding hydrogens is 273 g/mol. The molecule has 16 heavy (non-hydrogen) atoms. The van der Waals surface area contributed by atoms with Crippen molar-refractivity contribution in [2.75, 3.05) is 6.61 Å². The minimum absolute atomic E-state index is 0.211. The van der Waals surface area contributed by atoms with Crippen molar-refractivity contribution < 1.29 is 9.13 Å². The maximum absolute atomic E-state index is 13.3. The van der Waals surface area contributed by atoms with Gasteiger partial charge >= 0.3 is 0 Å². The van der Waals surface area contributed by atoms with Gasteiger partial charge in [0.15, 0.2) is 11.6 Å². The maximum Gasteiger partial charge on any atom is 0.165 e. The number of ether oxygens (including phenoxy) is 1. The summed E-state index contributed by atoms with van der Waals surface area (Å²) < 4.78 is 19.3. The van der Waals surface area contributed by atoms with Gasteiger partial charge in [0, 0.05) is 4.47 Å². The molecule has 0 unspecified atom stereocenters. The summed E-state index contributed by atoms with van der Waals surface area (Å²) in [6.07, 6.45) is 0.565. The van der Waals surface area contributed by atoms with Crippen molar-refractivity contribution in [3.63, 3.8) is 0 Å². The van der Waals surface area contributed by atoms with Crippen LogP contribution in [0.3, 0.4) is 0 Å². The second-order valence-corrected chi connectivity index (χ2v) is 5.08. The molecule has 1 aromatic rings. The van der Waals surface area contributed by atoms with Crippen LogP contribution in [-0.4, -0.2) is 6.61 Å². The Hall–Kier alpha value is -1.08. The van der Waals surface area contributed by atoms with E-state index in [1.807, 2.05) is 13.8 Å². The normalized spacial score (nSPS) is 10.9. The molecule has 0 amide bonds. The Balaban J connectivity index is 2.56. The average molecular weight is 286 g/mol. The Kier molecular flexibility index (Phi) is 4.31. The van der Waals surface area contributed by atoms with Crippen LogP contribution in [0.1, 0.15) is 20.3 Å². The first-order chi connectivity index (χ1) is 7.44. The lowest BCUT2D eigenvalue weighted by molar-refractivity contribution is 0.254. The van der Waals surface area contributed by atoms with Gasteiger partial charge < -0.3 is 4.74 Å². The van der Waals surface area contributed by atoms with E-state index in [2.05, 4.69) is 22.0 Å². The van der Waals surface area contributed by atoms with Crippen LogP contribution in [-0.2, 0) is 0 Å². The zero-order valence-electron chi connectivity index (χ0n) is 9.26. The van der Waals surface area contributed by atoms with Crippen molar-refractivity contribution >= 4 is 15.9 Å². The van der Waals surface area contributed by atoms with Gasteiger partial charge in [0.25, 0.3) is 0 Å². The fraction of sp³-hybridized carbons (Fsp3) is 0.417. The fourth-order valence-electron chi connectivity index (χ4n) is 1.06. The highest BCUT2D eigenvalue weighted by Crippen LogP contribution is 2.24. The summed E-state index contributed by atoms with van der Waals surface area (Å²) in [6.45, 7) is 3.98. The quantitative estimate of drug-likeness (QED) is 0.840. The van der Waals surface area contributed by atoms with E-state index in [-0.39, 0.29) is 5.75 Å². The van der Waals surface area contributed by atoms with Gasteiger partial charge in [-0.25, -0.2) is 4.39 Å². The molecule has 0 aliphatic rings. The molecule has 0 aliphatic carbocycles. The van der Waals surface area contributed by atoms with Gasteiger partial charge in [-0.1, -0.05) is 15.9 Å². The van der Waals surface area contributed by atoms with Gasteiger partial charge in [0.05, 0.1) is 18.1 Å². The molecule has 0 saturated heterocycles. The molecule has 0 heterocycles. The molecule has 0 aromatic heterocycles. The second kappa shape index (κ2) is 5.31. The summed E-state index contributed by atoms with van der Waals surface area (Å²) in [5.74, 6) is -0.180. The predicted molar refractivity (Wildman–Crippen MR) is 63.6 cm³/mol. The Bertz CT molecular complexity index is 412. The summed E-state index contributed by atoms with van der Waals surface area (Å²) in [7, 11) is 0. The van der Waals surface area contributed by atoms with Crippen LogP contribution in [0.2, 0.25) is 0 Å². The van der Waals surface area contributed by atoms with E-state index in [9.17, 15) is 4.39 Å². The van der Waals surface area contributed by atoms with Crippen molar-refractivity contribution in [3.05, 3.63) is 28.5 Å². The zero-order valence-corrected chi connectivity index (χ0v) is 10.8. The van der Waals surface area contributed by atoms with Crippen LogP contribution in [0.5, 0.6) is 5.75 Å². The number of rotatable bonds is 4. The van der Waals surface area contributed by atoms with Crippen molar-refractivity contribution in [2.45, 2.75) is 20.3 Å². The third kappa shape index (κ3) is 3.82. The molecule has 0 radical (unpaired) electrons. The number of hydrogen-bond donors (Lipinski definition) is 0. The third-order valence-electron chi connectivity index (χ3n) is 2.18. The van der Waals surface area contributed by atoms with E-state index in [1.165, 1.54) is 6.07 Å². The lowest BCUT2D eigenvalue weighted by atomic mass is 9.92. The van der Waals surface area contributed by atoms with Crippen molar-refractivity contribution in [1.82, 2.24) is 0 Å². The molecule has 0 N–H and O–H groups in total. The minimum Gasteiger partial charge on any atom is -0.490 e. The molecule has 0 fully saturated rings. The molecule has 4 heteroatoms. The Morgan fingerprint density at radius 3 is 2.81 bits per heavy atom. The summed E-state index contributed by atoms with van der Waals surface area (Å²) in [5, 5.41) is 8.80. The standard InChI is InChI=1S/C12H13BrFNO/c1-12(2,8-15)5-6-16-11-7-9(13)3-4-10(11)14/h3-4,7H,5-6H2,1-2H3. The molecule has 86 valence electrons. The van der Waals surface area contributed by atoms with Crippen LogP contribution >= 0.6 is 15.9 Å². The highest BCUT2D eigenvalue weighted by molar-refractivity contribution is 9.10. The molecule has 0 atom stereocenters. The van der Waals surface area contributed by atoms with Crippen LogP contribution < -0.4 is 4.74 Å². The van der Waals surface area contributed by atoms with E-state index in [1.54, 1.807) is 12.1 Å². The van der Waals surface area contributed by atoms with E-state index in [0.29, 0.717) is 13.0 Å². The van der Waals surface area contributed by atoms with Crippen molar-refractivity contribution in [3.8, 4) is 11.8 Å². The van der Waals surface area contributed by atoms with Crippen LogP contribution in [0, 0.1) is 22.6 Å². The van der Waals surface area contributed by atoms with Gasteiger partial charge in [0.2, 0.25) is 0 Å².